The summed E-state index contributed by atoms with van der Waals surface area (Å²) in [6.45, 7) is 0.801. The molecule has 0 unspecified atom stereocenters. The Kier molecular flexibility index (Phi) is 6.79. The minimum absolute atomic E-state index is 0.0529. The highest BCUT2D eigenvalue weighted by molar-refractivity contribution is 7.99. The molecule has 2 aromatic carbocycles. The predicted molar refractivity (Wildman–Crippen MR) is 119 cm³/mol. The Balaban J connectivity index is 1.41. The van der Waals surface area contributed by atoms with Crippen LogP contribution in [0, 0.1) is 0 Å². The molecule has 1 saturated carbocycles. The normalized spacial score (nSPS) is 14.2. The van der Waals surface area contributed by atoms with Gasteiger partial charge in [0.2, 0.25) is 5.91 Å². The summed E-state index contributed by atoms with van der Waals surface area (Å²) in [7, 11) is 1.63. The van der Waals surface area contributed by atoms with Crippen molar-refractivity contribution in [2.45, 2.75) is 43.4 Å². The Morgan fingerprint density at radius 3 is 2.67 bits per heavy atom. The molecule has 1 heterocycles. The summed E-state index contributed by atoms with van der Waals surface area (Å²) in [6, 6.07) is 15.9. The molecule has 0 saturated heterocycles. The van der Waals surface area contributed by atoms with Crippen LogP contribution in [0.2, 0.25) is 0 Å². The number of carbonyl (C=O) groups excluding carboxylic acids is 1. The van der Waals surface area contributed by atoms with Gasteiger partial charge in [-0.3, -0.25) is 4.79 Å². The molecular formula is C23H27N3O3S. The van der Waals surface area contributed by atoms with E-state index in [2.05, 4.69) is 5.32 Å². The summed E-state index contributed by atoms with van der Waals surface area (Å²) < 4.78 is 13.2. The number of carbonyl (C=O) groups is 1. The van der Waals surface area contributed by atoms with E-state index in [1.54, 1.807) is 18.9 Å². The molecule has 1 fully saturated rings. The van der Waals surface area contributed by atoms with Gasteiger partial charge in [-0.15, -0.1) is 0 Å². The van der Waals surface area contributed by atoms with Crippen LogP contribution in [0.25, 0.3) is 11.0 Å². The Morgan fingerprint density at radius 1 is 1.13 bits per heavy atom. The Bertz CT molecular complexity index is 998. The van der Waals surface area contributed by atoms with Crippen molar-refractivity contribution >= 4 is 28.7 Å². The van der Waals surface area contributed by atoms with E-state index in [0.29, 0.717) is 18.4 Å². The highest BCUT2D eigenvalue weighted by Crippen LogP contribution is 2.27. The average molecular weight is 426 g/mol. The summed E-state index contributed by atoms with van der Waals surface area (Å²) in [5, 5.41) is 4.01. The molecule has 1 aliphatic carbocycles. The second-order valence-corrected chi connectivity index (χ2v) is 8.43. The van der Waals surface area contributed by atoms with Crippen LogP contribution in [0.5, 0.6) is 11.5 Å². The molecule has 0 spiro atoms. The molecule has 1 aliphatic rings. The number of nitrogens with one attached hydrogen (secondary N) is 1. The first-order valence-corrected chi connectivity index (χ1v) is 11.4. The van der Waals surface area contributed by atoms with Crippen LogP contribution in [0.4, 0.5) is 0 Å². The lowest BCUT2D eigenvalue weighted by Gasteiger charge is -2.14. The van der Waals surface area contributed by atoms with Gasteiger partial charge in [-0.1, -0.05) is 48.9 Å². The maximum Gasteiger partial charge on any atom is 0.240 e. The van der Waals surface area contributed by atoms with Gasteiger partial charge >= 0.3 is 0 Å². The monoisotopic (exact) mass is 425 g/mol. The molecule has 0 atom stereocenters. The maximum atomic E-state index is 12.6. The molecule has 7 heteroatoms. The number of benzene rings is 2. The van der Waals surface area contributed by atoms with Gasteiger partial charge in [0, 0.05) is 11.8 Å². The molecule has 0 aliphatic heterocycles. The van der Waals surface area contributed by atoms with Crippen molar-refractivity contribution in [3.63, 3.8) is 0 Å². The van der Waals surface area contributed by atoms with Crippen molar-refractivity contribution in [1.29, 1.82) is 0 Å². The Labute approximate surface area is 181 Å². The van der Waals surface area contributed by atoms with Gasteiger partial charge in [-0.05, 0) is 37.1 Å². The zero-order valence-corrected chi connectivity index (χ0v) is 18.0. The highest BCUT2D eigenvalue weighted by Gasteiger charge is 2.19. The number of thioether (sulfide) groups is 1. The zero-order chi connectivity index (χ0) is 20.8. The predicted octanol–water partition coefficient (Wildman–Crippen LogP) is 4.27. The van der Waals surface area contributed by atoms with Crippen LogP contribution in [-0.4, -0.2) is 41.0 Å². The van der Waals surface area contributed by atoms with E-state index in [0.717, 1.165) is 40.5 Å². The lowest BCUT2D eigenvalue weighted by Crippen LogP contribution is -2.35. The molecule has 30 heavy (non-hydrogen) atoms. The molecule has 3 aromatic rings. The van der Waals surface area contributed by atoms with Crippen LogP contribution in [0.3, 0.4) is 0 Å². The highest BCUT2D eigenvalue weighted by atomic mass is 32.2. The first-order chi connectivity index (χ1) is 14.7. The minimum Gasteiger partial charge on any atom is -0.493 e. The lowest BCUT2D eigenvalue weighted by atomic mass is 10.2. The number of aromatic nitrogens is 2. The average Bonchev–Trinajstić information content (AvgIpc) is 3.39. The maximum absolute atomic E-state index is 12.6. The summed E-state index contributed by atoms with van der Waals surface area (Å²) in [5.74, 6) is 2.21. The van der Waals surface area contributed by atoms with Crippen LogP contribution in [0.1, 0.15) is 25.7 Å². The molecule has 0 bridgehead atoms. The van der Waals surface area contributed by atoms with E-state index in [1.807, 2.05) is 53.1 Å². The fraction of sp³-hybridized carbons (Fsp3) is 0.391. The van der Waals surface area contributed by atoms with Crippen LogP contribution in [-0.2, 0) is 11.3 Å². The number of nitrogens with zero attached hydrogens (tertiary/aromatic N) is 2. The first-order valence-electron chi connectivity index (χ1n) is 10.4. The second-order valence-electron chi connectivity index (χ2n) is 7.37. The SMILES string of the molecule is COc1ccccc1OCCSc1nc2ccccc2n1CC(=O)NC1CCCC1. The van der Waals surface area contributed by atoms with E-state index in [4.69, 9.17) is 14.5 Å². The van der Waals surface area contributed by atoms with Crippen molar-refractivity contribution in [2.75, 3.05) is 19.5 Å². The molecule has 6 nitrogen and oxygen atoms in total. The van der Waals surface area contributed by atoms with Gasteiger partial charge in [-0.2, -0.15) is 0 Å². The van der Waals surface area contributed by atoms with Crippen LogP contribution < -0.4 is 14.8 Å². The van der Waals surface area contributed by atoms with E-state index in [9.17, 15) is 4.79 Å². The lowest BCUT2D eigenvalue weighted by molar-refractivity contribution is -0.122. The quantitative estimate of drug-likeness (QED) is 0.410. The zero-order valence-electron chi connectivity index (χ0n) is 17.2. The third-order valence-corrected chi connectivity index (χ3v) is 6.22. The number of methoxy groups -OCH3 is 1. The number of amides is 1. The smallest absolute Gasteiger partial charge is 0.240 e. The molecule has 1 amide bonds. The van der Waals surface area contributed by atoms with Crippen molar-refractivity contribution < 1.29 is 14.3 Å². The standard InChI is InChI=1S/C23H27N3O3S/c1-28-20-12-6-7-13-21(20)29-14-15-30-23-25-18-10-4-5-11-19(18)26(23)16-22(27)24-17-8-2-3-9-17/h4-7,10-13,17H,2-3,8-9,14-16H2,1H3,(H,24,27). The van der Waals surface area contributed by atoms with Gasteiger partial charge in [0.25, 0.3) is 0 Å². The van der Waals surface area contributed by atoms with Crippen molar-refractivity contribution in [1.82, 2.24) is 14.9 Å². The molecule has 4 rings (SSSR count). The third kappa shape index (κ3) is 4.90. The van der Waals surface area contributed by atoms with Gasteiger partial charge in [0.05, 0.1) is 24.8 Å². The fourth-order valence-corrected chi connectivity index (χ4v) is 4.66. The number of hydrogen-bond acceptors (Lipinski definition) is 5. The topological polar surface area (TPSA) is 65.4 Å². The van der Waals surface area contributed by atoms with Crippen molar-refractivity contribution in [3.8, 4) is 11.5 Å². The first kappa shape index (κ1) is 20.6. The largest absolute Gasteiger partial charge is 0.493 e. The summed E-state index contributed by atoms with van der Waals surface area (Å²) in [5.41, 5.74) is 1.88. The molecule has 0 radical (unpaired) electrons. The van der Waals surface area contributed by atoms with E-state index in [-0.39, 0.29) is 12.5 Å². The number of hydrogen-bond donors (Lipinski definition) is 1. The van der Waals surface area contributed by atoms with E-state index < -0.39 is 0 Å². The second kappa shape index (κ2) is 9.89. The summed E-state index contributed by atoms with van der Waals surface area (Å²) >= 11 is 1.60. The van der Waals surface area contributed by atoms with Gasteiger partial charge < -0.3 is 19.4 Å². The third-order valence-electron chi connectivity index (χ3n) is 5.28. The Morgan fingerprint density at radius 2 is 1.87 bits per heavy atom. The molecule has 1 aromatic heterocycles. The number of fused-ring (bicyclic) bond motifs is 1. The fourth-order valence-electron chi connectivity index (χ4n) is 3.83. The molecule has 1 N–H and O–H groups in total. The number of rotatable bonds is 9. The number of imidazole rings is 1. The number of para-hydroxylation sites is 4. The summed E-state index contributed by atoms with van der Waals surface area (Å²) in [4.78, 5) is 17.4. The van der Waals surface area contributed by atoms with Gasteiger partial charge in [-0.25, -0.2) is 4.98 Å². The minimum atomic E-state index is 0.0529. The van der Waals surface area contributed by atoms with Gasteiger partial charge in [0.1, 0.15) is 6.54 Å². The van der Waals surface area contributed by atoms with E-state index >= 15 is 0 Å². The molecule has 158 valence electrons. The number of ether oxygens (including phenoxy) is 2. The van der Waals surface area contributed by atoms with Crippen molar-refractivity contribution in [2.24, 2.45) is 0 Å². The Hall–Kier alpha value is -2.67. The van der Waals surface area contributed by atoms with Crippen LogP contribution in [0.15, 0.2) is 53.7 Å². The summed E-state index contributed by atoms with van der Waals surface area (Å²) in [6.07, 6.45) is 4.56. The molecular weight excluding hydrogens is 398 g/mol. The van der Waals surface area contributed by atoms with Gasteiger partial charge in [0.15, 0.2) is 16.7 Å². The van der Waals surface area contributed by atoms with E-state index in [1.165, 1.54) is 12.8 Å². The van der Waals surface area contributed by atoms with Crippen molar-refractivity contribution in [3.05, 3.63) is 48.5 Å². The van der Waals surface area contributed by atoms with Crippen LogP contribution >= 0.6 is 11.8 Å².